The first-order valence-electron chi connectivity index (χ1n) is 16.7. The SMILES string of the molecule is CC1(C)C(/C=C/C=C/C=C/C=C2/N(CCCCS(=O)(=O)O)c3ccc(S(=O)(=O)O)cc3C2(C)C)=[N+](CCCCS(=O)(=O)O)c2ccc(C(N)=O)cc21. The molecule has 282 valence electrons. The Morgan fingerprint density at radius 1 is 0.769 bits per heavy atom. The molecule has 2 aromatic carbocycles. The molecule has 0 saturated heterocycles. The Kier molecular flexibility index (Phi) is 12.2. The van der Waals surface area contributed by atoms with Crippen molar-refractivity contribution in [1.82, 2.24) is 0 Å². The van der Waals surface area contributed by atoms with Crippen molar-refractivity contribution in [3.8, 4) is 0 Å². The summed E-state index contributed by atoms with van der Waals surface area (Å²) in [6, 6.07) is 9.65. The number of hydrogen-bond donors (Lipinski definition) is 4. The van der Waals surface area contributed by atoms with Gasteiger partial charge in [-0.1, -0.05) is 44.2 Å². The Morgan fingerprint density at radius 3 is 2.00 bits per heavy atom. The summed E-state index contributed by atoms with van der Waals surface area (Å²) in [5, 5.41) is 0. The summed E-state index contributed by atoms with van der Waals surface area (Å²) in [5.74, 6) is -1.26. The molecule has 0 saturated carbocycles. The lowest BCUT2D eigenvalue weighted by atomic mass is 9.80. The third-order valence-corrected chi connectivity index (χ3v) is 11.8. The maximum atomic E-state index is 11.9. The number of hydrogen-bond acceptors (Lipinski definition) is 8. The van der Waals surface area contributed by atoms with Crippen molar-refractivity contribution >= 4 is 53.3 Å². The van der Waals surface area contributed by atoms with Crippen LogP contribution in [0.5, 0.6) is 0 Å². The largest absolute Gasteiger partial charge is 0.366 e. The summed E-state index contributed by atoms with van der Waals surface area (Å²) < 4.78 is 98.9. The van der Waals surface area contributed by atoms with E-state index in [1.165, 1.54) is 12.1 Å². The molecule has 0 spiro atoms. The van der Waals surface area contributed by atoms with Gasteiger partial charge in [-0.05, 0) is 75.1 Å². The predicted octanol–water partition coefficient (Wildman–Crippen LogP) is 5.09. The summed E-state index contributed by atoms with van der Waals surface area (Å²) >= 11 is 0. The third-order valence-electron chi connectivity index (χ3n) is 9.36. The van der Waals surface area contributed by atoms with Crippen molar-refractivity contribution in [2.24, 2.45) is 5.73 Å². The van der Waals surface area contributed by atoms with Crippen LogP contribution in [-0.4, -0.2) is 79.7 Å². The molecule has 0 aliphatic carbocycles. The van der Waals surface area contributed by atoms with Gasteiger partial charge in [-0.25, -0.2) is 0 Å². The quantitative estimate of drug-likeness (QED) is 0.0763. The van der Waals surface area contributed by atoms with Gasteiger partial charge in [-0.15, -0.1) is 0 Å². The zero-order valence-corrected chi connectivity index (χ0v) is 32.0. The van der Waals surface area contributed by atoms with Gasteiger partial charge in [0, 0.05) is 53.0 Å². The minimum Gasteiger partial charge on any atom is -0.366 e. The molecule has 2 aromatic rings. The fraction of sp³-hybridized carbons (Fsp3) is 0.389. The second-order valence-corrected chi connectivity index (χ2v) is 18.4. The molecule has 52 heavy (non-hydrogen) atoms. The topological polar surface area (TPSA) is 212 Å². The number of primary amides is 1. The summed E-state index contributed by atoms with van der Waals surface area (Å²) in [5.41, 5.74) is 9.68. The smallest absolute Gasteiger partial charge is 0.294 e. The highest BCUT2D eigenvalue weighted by atomic mass is 32.2. The van der Waals surface area contributed by atoms with Crippen LogP contribution in [0.15, 0.2) is 89.5 Å². The molecule has 0 aromatic heterocycles. The zero-order valence-electron chi connectivity index (χ0n) is 29.6. The van der Waals surface area contributed by atoms with Crippen molar-refractivity contribution in [1.29, 1.82) is 0 Å². The molecule has 0 atom stereocenters. The van der Waals surface area contributed by atoms with Crippen molar-refractivity contribution in [3.63, 3.8) is 0 Å². The van der Waals surface area contributed by atoms with Gasteiger partial charge in [0.2, 0.25) is 11.6 Å². The summed E-state index contributed by atoms with van der Waals surface area (Å²) in [7, 11) is -12.6. The minimum atomic E-state index is -4.44. The number of carbonyl (C=O) groups is 1. The van der Waals surface area contributed by atoms with E-state index in [4.69, 9.17) is 14.8 Å². The lowest BCUT2D eigenvalue weighted by Crippen LogP contribution is -2.28. The molecular weight excluding hydrogens is 731 g/mol. The van der Waals surface area contributed by atoms with E-state index in [1.54, 1.807) is 18.2 Å². The fourth-order valence-electron chi connectivity index (χ4n) is 6.72. The average Bonchev–Trinajstić information content (AvgIpc) is 3.37. The molecule has 0 unspecified atom stereocenters. The second kappa shape index (κ2) is 15.6. The molecule has 2 aliphatic heterocycles. The van der Waals surface area contributed by atoms with Crippen LogP contribution in [0, 0.1) is 0 Å². The van der Waals surface area contributed by atoms with Crippen molar-refractivity contribution in [2.45, 2.75) is 69.1 Å². The van der Waals surface area contributed by atoms with Crippen molar-refractivity contribution in [3.05, 3.63) is 101 Å². The Balaban J connectivity index is 1.59. The van der Waals surface area contributed by atoms with E-state index in [0.717, 1.165) is 28.3 Å². The summed E-state index contributed by atoms with van der Waals surface area (Å²) in [6.07, 6.45) is 14.4. The molecular formula is C36H46N3O10S3+. The highest BCUT2D eigenvalue weighted by Gasteiger charge is 2.44. The van der Waals surface area contributed by atoms with Gasteiger partial charge < -0.3 is 10.6 Å². The average molecular weight is 777 g/mol. The Morgan fingerprint density at radius 2 is 1.38 bits per heavy atom. The van der Waals surface area contributed by atoms with Crippen LogP contribution in [0.2, 0.25) is 0 Å². The van der Waals surface area contributed by atoms with Gasteiger partial charge in [0.15, 0.2) is 5.71 Å². The minimum absolute atomic E-state index is 0.224. The van der Waals surface area contributed by atoms with E-state index in [2.05, 4.69) is 4.58 Å². The highest BCUT2D eigenvalue weighted by Crippen LogP contribution is 2.48. The fourth-order valence-corrected chi connectivity index (χ4v) is 8.36. The first kappa shape index (κ1) is 40.8. The van der Waals surface area contributed by atoms with Gasteiger partial charge >= 0.3 is 0 Å². The first-order valence-corrected chi connectivity index (χ1v) is 21.3. The molecule has 2 aliphatic rings. The number of nitrogens with zero attached hydrogens (tertiary/aromatic N) is 2. The number of nitrogens with two attached hydrogens (primary N) is 1. The molecule has 1 amide bonds. The number of amides is 1. The van der Waals surface area contributed by atoms with E-state index in [0.29, 0.717) is 37.1 Å². The molecule has 0 radical (unpaired) electrons. The lowest BCUT2D eigenvalue weighted by molar-refractivity contribution is -0.438. The van der Waals surface area contributed by atoms with Crippen molar-refractivity contribution in [2.75, 3.05) is 29.5 Å². The Bertz CT molecular complexity index is 2220. The van der Waals surface area contributed by atoms with Gasteiger partial charge in [0.05, 0.1) is 21.8 Å². The zero-order chi connectivity index (χ0) is 38.7. The molecule has 0 fully saturated rings. The lowest BCUT2D eigenvalue weighted by Gasteiger charge is -2.27. The normalized spacial score (nSPS) is 18.0. The van der Waals surface area contributed by atoms with E-state index in [9.17, 15) is 34.6 Å². The number of carbonyl (C=O) groups excluding carboxylic acids is 1. The summed E-state index contributed by atoms with van der Waals surface area (Å²) in [4.78, 5) is 13.7. The van der Waals surface area contributed by atoms with E-state index in [-0.39, 0.29) is 29.2 Å². The van der Waals surface area contributed by atoms with E-state index < -0.39 is 47.1 Å². The molecule has 2 heterocycles. The van der Waals surface area contributed by atoms with Crippen molar-refractivity contribution < 1.29 is 48.3 Å². The molecule has 16 heteroatoms. The standard InChI is InChI=1S/C36H45N3O10S3/c1-35(2)28-24-26(34(37)40)16-18-30(28)38(20-10-12-22-50(41,42)43)32(35)14-8-6-5-7-9-15-33-36(3,4)29-25-27(52(47,48)49)17-19-31(29)39(33)21-11-13-23-51(44,45)46/h5-9,14-19,24-25H,10-13,20-23H2,1-4H3,(H4-,37,40,41,42,43,44,45,46,47,48,49)/p+1. The van der Waals surface area contributed by atoms with Crippen LogP contribution in [0.3, 0.4) is 0 Å². The second-order valence-electron chi connectivity index (χ2n) is 13.9. The van der Waals surface area contributed by atoms with Gasteiger partial charge in [-0.2, -0.15) is 29.8 Å². The molecule has 0 bridgehead atoms. The van der Waals surface area contributed by atoms with Crippen LogP contribution >= 0.6 is 0 Å². The third kappa shape index (κ3) is 9.73. The van der Waals surface area contributed by atoms with Crippen LogP contribution in [0.25, 0.3) is 0 Å². The van der Waals surface area contributed by atoms with E-state index in [1.807, 2.05) is 81.2 Å². The van der Waals surface area contributed by atoms with Crippen LogP contribution in [-0.2, 0) is 41.2 Å². The van der Waals surface area contributed by atoms with Gasteiger partial charge in [0.25, 0.3) is 30.4 Å². The highest BCUT2D eigenvalue weighted by molar-refractivity contribution is 7.86. The predicted molar refractivity (Wildman–Crippen MR) is 201 cm³/mol. The monoisotopic (exact) mass is 776 g/mol. The Hall–Kier alpha value is -3.93. The van der Waals surface area contributed by atoms with Crippen LogP contribution < -0.4 is 10.6 Å². The number of unbranched alkanes of at least 4 members (excludes halogenated alkanes) is 2. The number of rotatable bonds is 16. The molecule has 4 rings (SSSR count). The first-order chi connectivity index (χ1) is 24.0. The van der Waals surface area contributed by atoms with Gasteiger partial charge in [-0.3, -0.25) is 18.5 Å². The number of anilines is 1. The van der Waals surface area contributed by atoms with Crippen LogP contribution in [0.4, 0.5) is 11.4 Å². The number of benzene rings is 2. The molecule has 5 N–H and O–H groups in total. The number of allylic oxidation sites excluding steroid dienone is 8. The summed E-state index contributed by atoms with van der Waals surface area (Å²) in [6.45, 7) is 8.79. The number of fused-ring (bicyclic) bond motifs is 2. The van der Waals surface area contributed by atoms with E-state index >= 15 is 0 Å². The maximum Gasteiger partial charge on any atom is 0.294 e. The maximum absolute atomic E-state index is 11.9. The van der Waals surface area contributed by atoms with Gasteiger partial charge in [0.1, 0.15) is 6.54 Å². The van der Waals surface area contributed by atoms with Crippen LogP contribution in [0.1, 0.15) is 74.9 Å². The Labute approximate surface area is 306 Å². The molecule has 13 nitrogen and oxygen atoms in total.